The molecule has 0 aromatic heterocycles. The minimum Gasteiger partial charge on any atom is -0.458 e. The third-order valence-electron chi connectivity index (χ3n) is 9.45. The predicted molar refractivity (Wildman–Crippen MR) is 110 cm³/mol. The Morgan fingerprint density at radius 2 is 1.94 bits per heavy atom. The SMILES string of the molecule is CC(=O)OCC(=O)[C@@]1(O)[C@H](C)C[C@H]2[C@@H]3CCC4=CC(=O)CC[C@]4(C)[C@@]3(F)[C@@H](O)C[C@@]21C. The zero-order chi connectivity index (χ0) is 23.0. The highest BCUT2D eigenvalue weighted by Gasteiger charge is 2.75. The highest BCUT2D eigenvalue weighted by atomic mass is 19.1. The summed E-state index contributed by atoms with van der Waals surface area (Å²) in [6.45, 7) is 6.03. The minimum absolute atomic E-state index is 0.00425. The monoisotopic (exact) mass is 436 g/mol. The molecular weight excluding hydrogens is 403 g/mol. The number of esters is 1. The highest BCUT2D eigenvalue weighted by molar-refractivity contribution is 5.92. The van der Waals surface area contributed by atoms with E-state index in [0.29, 0.717) is 25.7 Å². The van der Waals surface area contributed by atoms with Gasteiger partial charge in [0.1, 0.15) is 11.3 Å². The first kappa shape index (κ1) is 22.6. The van der Waals surface area contributed by atoms with Crippen LogP contribution in [0.2, 0.25) is 0 Å². The first-order valence-corrected chi connectivity index (χ1v) is 11.3. The summed E-state index contributed by atoms with van der Waals surface area (Å²) in [4.78, 5) is 36.3. The molecule has 0 amide bonds. The van der Waals surface area contributed by atoms with E-state index >= 15 is 4.39 Å². The van der Waals surface area contributed by atoms with Crippen molar-refractivity contribution in [1.82, 2.24) is 0 Å². The van der Waals surface area contributed by atoms with E-state index < -0.39 is 58.4 Å². The van der Waals surface area contributed by atoms with Gasteiger partial charge in [0.25, 0.3) is 0 Å². The molecule has 0 radical (unpaired) electrons. The number of fused-ring (bicyclic) bond motifs is 5. The van der Waals surface area contributed by atoms with Crippen LogP contribution in [0.3, 0.4) is 0 Å². The molecule has 0 aliphatic heterocycles. The third-order valence-corrected chi connectivity index (χ3v) is 9.45. The summed E-state index contributed by atoms with van der Waals surface area (Å²) >= 11 is 0. The van der Waals surface area contributed by atoms with Gasteiger partial charge in [0.2, 0.25) is 5.78 Å². The molecule has 4 rings (SSSR count). The van der Waals surface area contributed by atoms with E-state index in [1.165, 1.54) is 6.92 Å². The van der Waals surface area contributed by atoms with Crippen molar-refractivity contribution >= 4 is 17.5 Å². The summed E-state index contributed by atoms with van der Waals surface area (Å²) in [5.41, 5.74) is -4.93. The van der Waals surface area contributed by atoms with Gasteiger partial charge in [-0.25, -0.2) is 4.39 Å². The van der Waals surface area contributed by atoms with Crippen LogP contribution in [0.5, 0.6) is 0 Å². The molecule has 0 aromatic rings. The summed E-state index contributed by atoms with van der Waals surface area (Å²) in [5, 5.41) is 23.0. The largest absolute Gasteiger partial charge is 0.458 e. The summed E-state index contributed by atoms with van der Waals surface area (Å²) in [5.74, 6) is -2.50. The Hall–Kier alpha value is -1.60. The molecule has 4 aliphatic carbocycles. The number of halogens is 1. The zero-order valence-electron chi connectivity index (χ0n) is 18.7. The Labute approximate surface area is 182 Å². The molecule has 31 heavy (non-hydrogen) atoms. The number of rotatable bonds is 3. The van der Waals surface area contributed by atoms with Crippen molar-refractivity contribution in [3.8, 4) is 0 Å². The predicted octanol–water partition coefficient (Wildman–Crippen LogP) is 2.69. The number of ketones is 2. The Balaban J connectivity index is 1.75. The molecule has 0 unspecified atom stereocenters. The number of aliphatic hydroxyl groups is 2. The molecule has 4 aliphatic rings. The lowest BCUT2D eigenvalue weighted by molar-refractivity contribution is -0.228. The smallest absolute Gasteiger partial charge is 0.303 e. The average molecular weight is 437 g/mol. The number of carbonyl (C=O) groups excluding carboxylic acids is 3. The quantitative estimate of drug-likeness (QED) is 0.660. The lowest BCUT2D eigenvalue weighted by atomic mass is 9.44. The molecule has 0 aromatic carbocycles. The Morgan fingerprint density at radius 1 is 1.26 bits per heavy atom. The van der Waals surface area contributed by atoms with Gasteiger partial charge in [0.05, 0.1) is 6.10 Å². The number of ether oxygens (including phenoxy) is 1. The molecule has 0 saturated heterocycles. The van der Waals surface area contributed by atoms with Crippen molar-refractivity contribution in [1.29, 1.82) is 0 Å². The lowest BCUT2D eigenvalue weighted by Crippen LogP contribution is -2.70. The summed E-state index contributed by atoms with van der Waals surface area (Å²) < 4.78 is 21.9. The van der Waals surface area contributed by atoms with E-state index in [4.69, 9.17) is 4.74 Å². The van der Waals surface area contributed by atoms with Crippen LogP contribution in [0.4, 0.5) is 4.39 Å². The van der Waals surface area contributed by atoms with E-state index in [0.717, 1.165) is 5.57 Å². The second-order valence-electron chi connectivity index (χ2n) is 10.7. The van der Waals surface area contributed by atoms with Crippen LogP contribution < -0.4 is 0 Å². The van der Waals surface area contributed by atoms with Crippen molar-refractivity contribution in [3.05, 3.63) is 11.6 Å². The van der Waals surface area contributed by atoms with Gasteiger partial charge in [-0.3, -0.25) is 14.4 Å². The minimum atomic E-state index is -1.92. The molecule has 2 N–H and O–H groups in total. The van der Waals surface area contributed by atoms with Crippen LogP contribution in [0.25, 0.3) is 0 Å². The molecular formula is C24H33FO6. The average Bonchev–Trinajstić information content (AvgIpc) is 2.89. The maximum absolute atomic E-state index is 17.1. The van der Waals surface area contributed by atoms with E-state index in [2.05, 4.69) is 0 Å². The molecule has 0 bridgehead atoms. The van der Waals surface area contributed by atoms with Crippen molar-refractivity contribution in [2.75, 3.05) is 6.61 Å². The van der Waals surface area contributed by atoms with Crippen LogP contribution in [0.15, 0.2) is 11.6 Å². The fourth-order valence-corrected chi connectivity index (χ4v) is 7.78. The van der Waals surface area contributed by atoms with Gasteiger partial charge < -0.3 is 14.9 Å². The Bertz CT molecular complexity index is 868. The number of hydrogen-bond donors (Lipinski definition) is 2. The van der Waals surface area contributed by atoms with E-state index in [9.17, 15) is 24.6 Å². The normalized spacial score (nSPS) is 48.9. The number of allylic oxidation sites excluding steroid dienone is 1. The van der Waals surface area contributed by atoms with Crippen LogP contribution in [0, 0.1) is 28.6 Å². The summed E-state index contributed by atoms with van der Waals surface area (Å²) in [6, 6.07) is 0. The van der Waals surface area contributed by atoms with Crippen LogP contribution in [-0.4, -0.2) is 51.7 Å². The van der Waals surface area contributed by atoms with Gasteiger partial charge in [-0.05, 0) is 50.0 Å². The van der Waals surface area contributed by atoms with Crippen molar-refractivity contribution in [2.24, 2.45) is 28.6 Å². The third kappa shape index (κ3) is 2.71. The first-order chi connectivity index (χ1) is 14.3. The van der Waals surface area contributed by atoms with Crippen LogP contribution >= 0.6 is 0 Å². The maximum Gasteiger partial charge on any atom is 0.303 e. The fraction of sp³-hybridized carbons (Fsp3) is 0.792. The Kier molecular flexibility index (Phi) is 5.06. The summed E-state index contributed by atoms with van der Waals surface area (Å²) in [7, 11) is 0. The van der Waals surface area contributed by atoms with Gasteiger partial charge >= 0.3 is 5.97 Å². The topological polar surface area (TPSA) is 101 Å². The number of carbonyl (C=O) groups is 3. The molecule has 8 atom stereocenters. The molecule has 0 heterocycles. The van der Waals surface area contributed by atoms with Gasteiger partial charge in [-0.1, -0.05) is 26.3 Å². The highest BCUT2D eigenvalue weighted by Crippen LogP contribution is 2.71. The van der Waals surface area contributed by atoms with Gasteiger partial charge in [0, 0.05) is 30.1 Å². The van der Waals surface area contributed by atoms with Gasteiger partial charge in [0.15, 0.2) is 12.4 Å². The van der Waals surface area contributed by atoms with Gasteiger partial charge in [-0.15, -0.1) is 0 Å². The van der Waals surface area contributed by atoms with Crippen LogP contribution in [-0.2, 0) is 19.1 Å². The second-order valence-corrected chi connectivity index (χ2v) is 10.7. The molecule has 7 heteroatoms. The molecule has 3 saturated carbocycles. The van der Waals surface area contributed by atoms with E-state index in [-0.39, 0.29) is 24.5 Å². The Morgan fingerprint density at radius 3 is 2.58 bits per heavy atom. The first-order valence-electron chi connectivity index (χ1n) is 11.3. The van der Waals surface area contributed by atoms with Gasteiger partial charge in [-0.2, -0.15) is 0 Å². The van der Waals surface area contributed by atoms with E-state index in [1.54, 1.807) is 19.9 Å². The second kappa shape index (κ2) is 6.95. The van der Waals surface area contributed by atoms with E-state index in [1.807, 2.05) is 6.92 Å². The van der Waals surface area contributed by atoms with Crippen molar-refractivity contribution in [2.45, 2.75) is 83.6 Å². The van der Waals surface area contributed by atoms with Crippen LogP contribution in [0.1, 0.15) is 66.2 Å². The lowest BCUT2D eigenvalue weighted by Gasteiger charge is -2.63. The standard InChI is InChI=1S/C24H33FO6/c1-13-9-18-17-6-5-15-10-16(27)7-8-21(15,3)23(17,25)19(28)11-22(18,4)24(13,30)20(29)12-31-14(2)26/h10,13,17-19,28,30H,5-9,11-12H2,1-4H3/t13-,17+,18+,19+,21+,22+,23+,24+/m1/s1. The zero-order valence-corrected chi connectivity index (χ0v) is 18.7. The van der Waals surface area contributed by atoms with Crippen molar-refractivity contribution in [3.63, 3.8) is 0 Å². The fourth-order valence-electron chi connectivity index (χ4n) is 7.78. The molecule has 6 nitrogen and oxygen atoms in total. The molecule has 172 valence electrons. The summed E-state index contributed by atoms with van der Waals surface area (Å²) in [6.07, 6.45) is 2.24. The number of aliphatic hydroxyl groups excluding tert-OH is 1. The maximum atomic E-state index is 17.1. The number of Topliss-reactive ketones (excluding diaryl/α,β-unsaturated/α-hetero) is 1. The molecule has 3 fully saturated rings. The number of hydrogen-bond acceptors (Lipinski definition) is 6. The van der Waals surface area contributed by atoms with Crippen molar-refractivity contribution < 1.29 is 33.7 Å². The number of alkyl halides is 1. The molecule has 0 spiro atoms.